The minimum atomic E-state index is -0.553. The normalized spacial score (nSPS) is 18.6. The van der Waals surface area contributed by atoms with E-state index < -0.39 is 13.1 Å². The van der Waals surface area contributed by atoms with Crippen molar-refractivity contribution < 1.29 is 23.4 Å². The van der Waals surface area contributed by atoms with Crippen LogP contribution >= 0.6 is 0 Å². The first kappa shape index (κ1) is 16.7. The molecule has 7 heteroatoms. The number of carbonyl (C=O) groups excluding carboxylic acids is 1. The van der Waals surface area contributed by atoms with Crippen molar-refractivity contribution in [1.82, 2.24) is 5.16 Å². The predicted octanol–water partition coefficient (Wildman–Crippen LogP) is 2.43. The second-order valence-corrected chi connectivity index (χ2v) is 6.78. The van der Waals surface area contributed by atoms with Gasteiger partial charge in [0.05, 0.1) is 18.3 Å². The van der Waals surface area contributed by atoms with Gasteiger partial charge in [-0.1, -0.05) is 29.4 Å². The number of aromatic nitrogens is 1. The topological polar surface area (TPSA) is 70.8 Å². The number of hydrogen-bond donors (Lipinski definition) is 0. The molecule has 1 aromatic heterocycles. The van der Waals surface area contributed by atoms with Gasteiger partial charge in [-0.3, -0.25) is 0 Å². The quantitative estimate of drug-likeness (QED) is 0.636. The summed E-state index contributed by atoms with van der Waals surface area (Å²) in [6, 6.07) is 9.17. The van der Waals surface area contributed by atoms with Gasteiger partial charge in [0, 0.05) is 11.6 Å². The van der Waals surface area contributed by atoms with E-state index in [1.807, 2.05) is 52.0 Å². The molecular weight excluding hydrogens is 309 g/mol. The standard InChI is InChI=1S/C17H20BNO5/c1-16(2)17(3,4)24-18(23-16)12-8-6-11(7-9-12)13-10-14(22-19-13)15(20)21-5/h6-10H,1-5H3. The molecule has 1 aliphatic rings. The van der Waals surface area contributed by atoms with Crippen LogP contribution in [0.2, 0.25) is 0 Å². The highest BCUT2D eigenvalue weighted by atomic mass is 16.7. The Balaban J connectivity index is 1.79. The highest BCUT2D eigenvalue weighted by molar-refractivity contribution is 6.62. The van der Waals surface area contributed by atoms with Crippen LogP contribution in [0.5, 0.6) is 0 Å². The Bertz CT molecular complexity index is 735. The van der Waals surface area contributed by atoms with Gasteiger partial charge in [0.1, 0.15) is 5.69 Å². The number of hydrogen-bond acceptors (Lipinski definition) is 6. The lowest BCUT2D eigenvalue weighted by Gasteiger charge is -2.32. The number of carbonyl (C=O) groups is 1. The van der Waals surface area contributed by atoms with Gasteiger partial charge in [0.25, 0.3) is 0 Å². The van der Waals surface area contributed by atoms with Crippen molar-refractivity contribution in [3.8, 4) is 11.3 Å². The van der Waals surface area contributed by atoms with Crippen molar-refractivity contribution in [2.75, 3.05) is 7.11 Å². The van der Waals surface area contributed by atoms with Gasteiger partial charge in [-0.2, -0.15) is 0 Å². The number of benzene rings is 1. The van der Waals surface area contributed by atoms with Crippen LogP contribution in [-0.2, 0) is 14.0 Å². The first-order valence-corrected chi connectivity index (χ1v) is 7.74. The zero-order valence-electron chi connectivity index (χ0n) is 14.5. The lowest BCUT2D eigenvalue weighted by molar-refractivity contribution is 0.00578. The Morgan fingerprint density at radius 1 is 1.08 bits per heavy atom. The highest BCUT2D eigenvalue weighted by Gasteiger charge is 2.51. The van der Waals surface area contributed by atoms with E-state index in [1.165, 1.54) is 7.11 Å². The van der Waals surface area contributed by atoms with Gasteiger partial charge in [-0.15, -0.1) is 0 Å². The predicted molar refractivity (Wildman–Crippen MR) is 89.0 cm³/mol. The highest BCUT2D eigenvalue weighted by Crippen LogP contribution is 2.36. The SMILES string of the molecule is COC(=O)c1cc(-c2ccc(B3OC(C)(C)C(C)(C)O3)cc2)no1. The van der Waals surface area contributed by atoms with Gasteiger partial charge >= 0.3 is 13.1 Å². The van der Waals surface area contributed by atoms with Crippen LogP contribution in [0.15, 0.2) is 34.9 Å². The number of esters is 1. The maximum atomic E-state index is 11.4. The molecule has 1 aromatic carbocycles. The Labute approximate surface area is 141 Å². The molecule has 2 aromatic rings. The second-order valence-electron chi connectivity index (χ2n) is 6.78. The summed E-state index contributed by atoms with van der Waals surface area (Å²) < 4.78 is 21.6. The minimum Gasteiger partial charge on any atom is -0.463 e. The molecule has 0 radical (unpaired) electrons. The zero-order valence-corrected chi connectivity index (χ0v) is 14.5. The van der Waals surface area contributed by atoms with E-state index in [9.17, 15) is 4.79 Å². The van der Waals surface area contributed by atoms with Crippen molar-refractivity contribution in [1.29, 1.82) is 0 Å². The van der Waals surface area contributed by atoms with Gasteiger partial charge in [0.2, 0.25) is 5.76 Å². The van der Waals surface area contributed by atoms with E-state index in [-0.39, 0.29) is 17.0 Å². The number of rotatable bonds is 3. The molecule has 3 rings (SSSR count). The lowest BCUT2D eigenvalue weighted by atomic mass is 9.79. The molecule has 2 heterocycles. The molecule has 24 heavy (non-hydrogen) atoms. The summed E-state index contributed by atoms with van der Waals surface area (Å²) in [6.07, 6.45) is 0. The Morgan fingerprint density at radius 3 is 2.21 bits per heavy atom. The second kappa shape index (κ2) is 5.75. The maximum absolute atomic E-state index is 11.4. The van der Waals surface area contributed by atoms with Crippen LogP contribution in [0.4, 0.5) is 0 Å². The van der Waals surface area contributed by atoms with Crippen molar-refractivity contribution in [3.63, 3.8) is 0 Å². The fourth-order valence-electron chi connectivity index (χ4n) is 2.40. The Kier molecular flexibility index (Phi) is 4.01. The largest absolute Gasteiger partial charge is 0.494 e. The van der Waals surface area contributed by atoms with E-state index in [2.05, 4.69) is 9.89 Å². The van der Waals surface area contributed by atoms with Crippen LogP contribution in [0.3, 0.4) is 0 Å². The zero-order chi connectivity index (χ0) is 17.5. The van der Waals surface area contributed by atoms with Crippen LogP contribution < -0.4 is 5.46 Å². The van der Waals surface area contributed by atoms with Gasteiger partial charge in [0.15, 0.2) is 0 Å². The lowest BCUT2D eigenvalue weighted by Crippen LogP contribution is -2.41. The molecule has 0 bridgehead atoms. The van der Waals surface area contributed by atoms with Crippen LogP contribution in [0.25, 0.3) is 11.3 Å². The summed E-state index contributed by atoms with van der Waals surface area (Å²) in [5, 5.41) is 3.89. The van der Waals surface area contributed by atoms with Crippen LogP contribution in [-0.4, -0.2) is 36.6 Å². The van der Waals surface area contributed by atoms with Gasteiger partial charge in [-0.25, -0.2) is 4.79 Å². The van der Waals surface area contributed by atoms with Crippen LogP contribution in [0.1, 0.15) is 38.2 Å². The average Bonchev–Trinajstić information content (AvgIpc) is 3.10. The summed E-state index contributed by atoms with van der Waals surface area (Å²) >= 11 is 0. The smallest absolute Gasteiger partial charge is 0.463 e. The molecule has 6 nitrogen and oxygen atoms in total. The van der Waals surface area contributed by atoms with Crippen LogP contribution in [0, 0.1) is 0 Å². The Morgan fingerprint density at radius 2 is 1.67 bits per heavy atom. The van der Waals surface area contributed by atoms with Crippen molar-refractivity contribution in [2.24, 2.45) is 0 Å². The molecule has 0 unspecified atom stereocenters. The fourth-order valence-corrected chi connectivity index (χ4v) is 2.40. The fraction of sp³-hybridized carbons (Fsp3) is 0.412. The van der Waals surface area contributed by atoms with E-state index >= 15 is 0 Å². The molecule has 0 N–H and O–H groups in total. The summed E-state index contributed by atoms with van der Waals surface area (Å²) in [5.74, 6) is -0.481. The van der Waals surface area contributed by atoms with Crippen molar-refractivity contribution in [3.05, 3.63) is 36.1 Å². The van der Waals surface area contributed by atoms with E-state index in [0.717, 1.165) is 11.0 Å². The summed E-state index contributed by atoms with van der Waals surface area (Å²) in [5.41, 5.74) is 1.56. The molecule has 1 fully saturated rings. The van der Waals surface area contributed by atoms with E-state index in [0.29, 0.717) is 5.69 Å². The number of methoxy groups -OCH3 is 1. The molecule has 1 saturated heterocycles. The molecule has 126 valence electrons. The summed E-state index contributed by atoms with van der Waals surface area (Å²) in [6.45, 7) is 8.08. The summed E-state index contributed by atoms with van der Waals surface area (Å²) in [7, 11) is 0.885. The minimum absolute atomic E-state index is 0.0718. The number of nitrogens with zero attached hydrogens (tertiary/aromatic N) is 1. The van der Waals surface area contributed by atoms with Gasteiger partial charge in [-0.05, 0) is 33.2 Å². The van der Waals surface area contributed by atoms with E-state index in [4.69, 9.17) is 13.8 Å². The Hall–Kier alpha value is -2.12. The molecule has 0 spiro atoms. The third kappa shape index (κ3) is 2.85. The van der Waals surface area contributed by atoms with Crippen molar-refractivity contribution in [2.45, 2.75) is 38.9 Å². The first-order valence-electron chi connectivity index (χ1n) is 7.74. The van der Waals surface area contributed by atoms with E-state index in [1.54, 1.807) is 6.07 Å². The molecular formula is C17H20BNO5. The third-order valence-electron chi connectivity index (χ3n) is 4.63. The van der Waals surface area contributed by atoms with Gasteiger partial charge < -0.3 is 18.6 Å². The molecule has 1 aliphatic heterocycles. The average molecular weight is 329 g/mol. The third-order valence-corrected chi connectivity index (χ3v) is 4.63. The molecule has 0 amide bonds. The summed E-state index contributed by atoms with van der Waals surface area (Å²) in [4.78, 5) is 11.4. The monoisotopic (exact) mass is 329 g/mol. The molecule has 0 saturated carbocycles. The number of ether oxygens (including phenoxy) is 1. The molecule has 0 aliphatic carbocycles. The maximum Gasteiger partial charge on any atom is 0.494 e. The molecule has 0 atom stereocenters. The van der Waals surface area contributed by atoms with Crippen molar-refractivity contribution >= 4 is 18.6 Å². The first-order chi connectivity index (χ1) is 11.2.